The molecule has 0 saturated heterocycles. The quantitative estimate of drug-likeness (QED) is 0.800. The highest BCUT2D eigenvalue weighted by molar-refractivity contribution is 5.32. The van der Waals surface area contributed by atoms with Crippen molar-refractivity contribution in [2.75, 3.05) is 6.54 Å². The van der Waals surface area contributed by atoms with Gasteiger partial charge in [-0.2, -0.15) is 0 Å². The molecular formula is C13H20FN. The van der Waals surface area contributed by atoms with E-state index in [1.54, 1.807) is 0 Å². The summed E-state index contributed by atoms with van der Waals surface area (Å²) < 4.78 is 13.4. The third-order valence-corrected chi connectivity index (χ3v) is 2.66. The van der Waals surface area contributed by atoms with Crippen LogP contribution in [0.4, 0.5) is 4.39 Å². The number of nitrogens with one attached hydrogen (secondary N) is 1. The molecule has 1 aromatic carbocycles. The summed E-state index contributed by atoms with van der Waals surface area (Å²) in [6, 6.07) is 4.15. The van der Waals surface area contributed by atoms with E-state index in [9.17, 15) is 4.39 Å². The second-order valence-electron chi connectivity index (χ2n) is 4.14. The molecule has 0 aliphatic heterocycles. The van der Waals surface area contributed by atoms with Crippen molar-refractivity contribution in [3.8, 4) is 0 Å². The first-order chi connectivity index (χ1) is 7.06. The lowest BCUT2D eigenvalue weighted by Crippen LogP contribution is -2.19. The molecule has 0 amide bonds. The van der Waals surface area contributed by atoms with Crippen LogP contribution in [0.3, 0.4) is 0 Å². The summed E-state index contributed by atoms with van der Waals surface area (Å²) in [5, 5.41) is 3.40. The van der Waals surface area contributed by atoms with E-state index in [-0.39, 0.29) is 5.82 Å². The van der Waals surface area contributed by atoms with Crippen LogP contribution in [0.1, 0.15) is 43.0 Å². The molecule has 0 spiro atoms. The zero-order valence-corrected chi connectivity index (χ0v) is 10.0. The maximum absolute atomic E-state index is 13.4. The molecule has 1 unspecified atom stereocenters. The molecule has 15 heavy (non-hydrogen) atoms. The van der Waals surface area contributed by atoms with Crippen molar-refractivity contribution in [1.82, 2.24) is 5.32 Å². The van der Waals surface area contributed by atoms with Crippen molar-refractivity contribution >= 4 is 0 Å². The smallest absolute Gasteiger partial charge is 0.129 e. The lowest BCUT2D eigenvalue weighted by molar-refractivity contribution is 0.564. The largest absolute Gasteiger partial charge is 0.310 e. The van der Waals surface area contributed by atoms with Crippen molar-refractivity contribution in [3.63, 3.8) is 0 Å². The van der Waals surface area contributed by atoms with Gasteiger partial charge >= 0.3 is 0 Å². The second-order valence-corrected chi connectivity index (χ2v) is 4.14. The fraction of sp³-hybridized carbons (Fsp3) is 0.538. The topological polar surface area (TPSA) is 12.0 Å². The predicted octanol–water partition coefficient (Wildman–Crippen LogP) is 3.50. The molecule has 1 N–H and O–H groups in total. The second kappa shape index (κ2) is 5.26. The summed E-state index contributed by atoms with van der Waals surface area (Å²) in [7, 11) is 0. The molecule has 0 bridgehead atoms. The Bertz CT molecular complexity index is 310. The van der Waals surface area contributed by atoms with Crippen LogP contribution < -0.4 is 5.32 Å². The third-order valence-electron chi connectivity index (χ3n) is 2.66. The Morgan fingerprint density at radius 3 is 2.27 bits per heavy atom. The monoisotopic (exact) mass is 209 g/mol. The first-order valence-corrected chi connectivity index (χ1v) is 5.56. The van der Waals surface area contributed by atoms with Gasteiger partial charge < -0.3 is 5.32 Å². The van der Waals surface area contributed by atoms with Gasteiger partial charge in [-0.15, -0.1) is 0 Å². The molecule has 0 fully saturated rings. The standard InChI is InChI=1S/C13H20FN/c1-5-6-15-11(4)12-7-9(2)13(14)10(3)8-12/h7-8,11,15H,5-6H2,1-4H3. The van der Waals surface area contributed by atoms with E-state index in [1.807, 2.05) is 26.0 Å². The Morgan fingerprint density at radius 2 is 1.80 bits per heavy atom. The number of halogens is 1. The third kappa shape index (κ3) is 3.03. The number of benzene rings is 1. The molecule has 2 heteroatoms. The van der Waals surface area contributed by atoms with Crippen LogP contribution in [-0.2, 0) is 0 Å². The highest BCUT2D eigenvalue weighted by Gasteiger charge is 2.08. The molecule has 0 aromatic heterocycles. The van der Waals surface area contributed by atoms with Gasteiger partial charge in [0.1, 0.15) is 5.82 Å². The number of hydrogen-bond acceptors (Lipinski definition) is 1. The lowest BCUT2D eigenvalue weighted by atomic mass is 10.0. The zero-order valence-electron chi connectivity index (χ0n) is 10.0. The number of aryl methyl sites for hydroxylation is 2. The summed E-state index contributed by atoms with van der Waals surface area (Å²) in [6.45, 7) is 8.88. The van der Waals surface area contributed by atoms with Crippen LogP contribution in [-0.4, -0.2) is 6.54 Å². The van der Waals surface area contributed by atoms with Crippen molar-refractivity contribution in [1.29, 1.82) is 0 Å². The average molecular weight is 209 g/mol. The van der Waals surface area contributed by atoms with Gasteiger partial charge in [-0.05, 0) is 50.4 Å². The van der Waals surface area contributed by atoms with Gasteiger partial charge in [-0.1, -0.05) is 19.1 Å². The molecule has 0 aliphatic rings. The normalized spacial score (nSPS) is 12.9. The zero-order chi connectivity index (χ0) is 11.4. The fourth-order valence-corrected chi connectivity index (χ4v) is 1.71. The Morgan fingerprint density at radius 1 is 1.27 bits per heavy atom. The average Bonchev–Trinajstić information content (AvgIpc) is 2.21. The molecule has 84 valence electrons. The Labute approximate surface area is 91.7 Å². The molecule has 1 nitrogen and oxygen atoms in total. The van der Waals surface area contributed by atoms with Gasteiger partial charge in [0.15, 0.2) is 0 Å². The van der Waals surface area contributed by atoms with Crippen LogP contribution >= 0.6 is 0 Å². The molecule has 0 saturated carbocycles. The van der Waals surface area contributed by atoms with Crippen LogP contribution in [0, 0.1) is 19.7 Å². The Hall–Kier alpha value is -0.890. The maximum atomic E-state index is 13.4. The minimum Gasteiger partial charge on any atom is -0.310 e. The van der Waals surface area contributed by atoms with Crippen molar-refractivity contribution in [3.05, 3.63) is 34.6 Å². The van der Waals surface area contributed by atoms with E-state index < -0.39 is 0 Å². The van der Waals surface area contributed by atoms with E-state index in [2.05, 4.69) is 19.2 Å². The summed E-state index contributed by atoms with van der Waals surface area (Å²) >= 11 is 0. The van der Waals surface area contributed by atoms with Crippen molar-refractivity contribution in [2.24, 2.45) is 0 Å². The first kappa shape index (κ1) is 12.2. The van der Waals surface area contributed by atoms with E-state index in [0.717, 1.165) is 24.1 Å². The maximum Gasteiger partial charge on any atom is 0.129 e. The van der Waals surface area contributed by atoms with Crippen LogP contribution in [0.2, 0.25) is 0 Å². The van der Waals surface area contributed by atoms with Gasteiger partial charge in [0.05, 0.1) is 0 Å². The summed E-state index contributed by atoms with van der Waals surface area (Å²) in [4.78, 5) is 0. The summed E-state index contributed by atoms with van der Waals surface area (Å²) in [5.41, 5.74) is 2.63. The molecule has 0 radical (unpaired) electrons. The van der Waals surface area contributed by atoms with Gasteiger partial charge in [0.25, 0.3) is 0 Å². The minimum atomic E-state index is -0.0820. The molecule has 0 aliphatic carbocycles. The lowest BCUT2D eigenvalue weighted by Gasteiger charge is -2.15. The van der Waals surface area contributed by atoms with Gasteiger partial charge in [0.2, 0.25) is 0 Å². The SMILES string of the molecule is CCCNC(C)c1cc(C)c(F)c(C)c1. The van der Waals surface area contributed by atoms with Gasteiger partial charge in [0, 0.05) is 6.04 Å². The molecular weight excluding hydrogens is 189 g/mol. The fourth-order valence-electron chi connectivity index (χ4n) is 1.71. The van der Waals surface area contributed by atoms with E-state index in [1.165, 1.54) is 5.56 Å². The summed E-state index contributed by atoms with van der Waals surface area (Å²) in [5.74, 6) is -0.0820. The van der Waals surface area contributed by atoms with Crippen molar-refractivity contribution < 1.29 is 4.39 Å². The van der Waals surface area contributed by atoms with Gasteiger partial charge in [-0.3, -0.25) is 0 Å². The Balaban J connectivity index is 2.86. The first-order valence-electron chi connectivity index (χ1n) is 5.56. The minimum absolute atomic E-state index is 0.0820. The van der Waals surface area contributed by atoms with E-state index in [4.69, 9.17) is 0 Å². The van der Waals surface area contributed by atoms with Crippen molar-refractivity contribution in [2.45, 2.75) is 40.2 Å². The van der Waals surface area contributed by atoms with E-state index >= 15 is 0 Å². The predicted molar refractivity (Wildman–Crippen MR) is 62.6 cm³/mol. The van der Waals surface area contributed by atoms with Crippen LogP contribution in [0.15, 0.2) is 12.1 Å². The van der Waals surface area contributed by atoms with Crippen LogP contribution in [0.25, 0.3) is 0 Å². The molecule has 1 rings (SSSR count). The highest BCUT2D eigenvalue weighted by atomic mass is 19.1. The molecule has 1 aromatic rings. The molecule has 0 heterocycles. The van der Waals surface area contributed by atoms with Gasteiger partial charge in [-0.25, -0.2) is 4.39 Å². The molecule has 1 atom stereocenters. The number of rotatable bonds is 4. The number of hydrogen-bond donors (Lipinski definition) is 1. The van der Waals surface area contributed by atoms with Crippen LogP contribution in [0.5, 0.6) is 0 Å². The Kier molecular flexibility index (Phi) is 4.28. The van der Waals surface area contributed by atoms with E-state index in [0.29, 0.717) is 6.04 Å². The summed E-state index contributed by atoms with van der Waals surface area (Å²) in [6.07, 6.45) is 1.11. The highest BCUT2D eigenvalue weighted by Crippen LogP contribution is 2.19.